The van der Waals surface area contributed by atoms with E-state index in [2.05, 4.69) is 15.9 Å². The number of aliphatic hydroxyl groups is 1. The Morgan fingerprint density at radius 3 is 2.52 bits per heavy atom. The number of hydrogen-bond acceptors (Lipinski definition) is 5. The van der Waals surface area contributed by atoms with Gasteiger partial charge in [-0.25, -0.2) is 4.79 Å². The van der Waals surface area contributed by atoms with Gasteiger partial charge in [0.05, 0.1) is 24.4 Å². The number of carbonyl (C=O) groups is 1. The number of ether oxygens (including phenoxy) is 1. The number of rotatable bonds is 4. The van der Waals surface area contributed by atoms with Crippen LogP contribution in [0.4, 0.5) is 5.69 Å². The minimum absolute atomic E-state index is 0.0867. The lowest BCUT2D eigenvalue weighted by molar-refractivity contribution is 0.0600. The maximum atomic E-state index is 13.1. The van der Waals surface area contributed by atoms with Crippen LogP contribution in [0.1, 0.15) is 35.4 Å². The second-order valence-corrected chi connectivity index (χ2v) is 7.01. The second-order valence-electron chi connectivity index (χ2n) is 6.10. The van der Waals surface area contributed by atoms with Crippen molar-refractivity contribution in [3.63, 3.8) is 0 Å². The molecule has 0 fully saturated rings. The third kappa shape index (κ3) is 3.36. The Morgan fingerprint density at radius 2 is 1.93 bits per heavy atom. The molecule has 140 valence electrons. The van der Waals surface area contributed by atoms with E-state index in [1.807, 2.05) is 6.92 Å². The standard InChI is InChI=1S/C20H19BrN2O4/c1-3-16(24)11-4-7-13(8-5-11)23-15-10-12(21)6-9-14(15)18(22)17(19(23)25)20(26)27-2/h4-10,16,24H,3,22H2,1-2H3. The van der Waals surface area contributed by atoms with Gasteiger partial charge in [-0.15, -0.1) is 0 Å². The quantitative estimate of drug-likeness (QED) is 0.616. The van der Waals surface area contributed by atoms with Gasteiger partial charge in [-0.05, 0) is 42.3 Å². The van der Waals surface area contributed by atoms with Gasteiger partial charge in [-0.1, -0.05) is 35.0 Å². The summed E-state index contributed by atoms with van der Waals surface area (Å²) in [6.07, 6.45) is 0.0162. The minimum Gasteiger partial charge on any atom is -0.465 e. The summed E-state index contributed by atoms with van der Waals surface area (Å²) in [5, 5.41) is 10.6. The van der Waals surface area contributed by atoms with E-state index in [1.54, 1.807) is 42.5 Å². The number of nitrogens with two attached hydrogens (primary N) is 1. The molecule has 1 heterocycles. The summed E-state index contributed by atoms with van der Waals surface area (Å²) in [5.41, 5.74) is 7.30. The average molecular weight is 431 g/mol. The first kappa shape index (κ1) is 19.1. The highest BCUT2D eigenvalue weighted by atomic mass is 79.9. The van der Waals surface area contributed by atoms with Crippen LogP contribution in [-0.4, -0.2) is 22.8 Å². The van der Waals surface area contributed by atoms with Crippen molar-refractivity contribution in [1.29, 1.82) is 0 Å². The molecule has 1 unspecified atom stereocenters. The summed E-state index contributed by atoms with van der Waals surface area (Å²) < 4.78 is 6.94. The van der Waals surface area contributed by atoms with E-state index in [-0.39, 0.29) is 11.3 Å². The lowest BCUT2D eigenvalue weighted by atomic mass is 10.1. The molecule has 27 heavy (non-hydrogen) atoms. The Labute approximate surface area is 164 Å². The fourth-order valence-corrected chi connectivity index (χ4v) is 3.37. The molecule has 0 amide bonds. The van der Waals surface area contributed by atoms with Gasteiger partial charge < -0.3 is 15.6 Å². The van der Waals surface area contributed by atoms with Crippen molar-refractivity contribution in [2.45, 2.75) is 19.4 Å². The summed E-state index contributed by atoms with van der Waals surface area (Å²) in [4.78, 5) is 25.3. The highest BCUT2D eigenvalue weighted by Gasteiger charge is 2.22. The monoisotopic (exact) mass is 430 g/mol. The lowest BCUT2D eigenvalue weighted by Crippen LogP contribution is -2.28. The predicted molar refractivity (Wildman–Crippen MR) is 108 cm³/mol. The van der Waals surface area contributed by atoms with E-state index in [0.717, 1.165) is 10.0 Å². The van der Waals surface area contributed by atoms with Crippen molar-refractivity contribution in [2.75, 3.05) is 12.8 Å². The first-order valence-electron chi connectivity index (χ1n) is 8.39. The Morgan fingerprint density at radius 1 is 1.26 bits per heavy atom. The highest BCUT2D eigenvalue weighted by Crippen LogP contribution is 2.28. The first-order chi connectivity index (χ1) is 12.9. The number of nitrogens with zero attached hydrogens (tertiary/aromatic N) is 1. The van der Waals surface area contributed by atoms with Crippen molar-refractivity contribution in [3.8, 4) is 5.69 Å². The van der Waals surface area contributed by atoms with E-state index in [0.29, 0.717) is 23.0 Å². The molecular weight excluding hydrogens is 412 g/mol. The van der Waals surface area contributed by atoms with E-state index in [4.69, 9.17) is 10.5 Å². The maximum Gasteiger partial charge on any atom is 0.345 e. The largest absolute Gasteiger partial charge is 0.465 e. The van der Waals surface area contributed by atoms with E-state index < -0.39 is 17.6 Å². The molecule has 3 rings (SSSR count). The molecule has 0 saturated carbocycles. The fourth-order valence-electron chi connectivity index (χ4n) is 3.03. The normalized spacial score (nSPS) is 12.1. The Kier molecular flexibility index (Phi) is 5.34. The van der Waals surface area contributed by atoms with Crippen LogP contribution in [0.2, 0.25) is 0 Å². The third-order valence-electron chi connectivity index (χ3n) is 4.49. The first-order valence-corrected chi connectivity index (χ1v) is 9.18. The summed E-state index contributed by atoms with van der Waals surface area (Å²) in [6, 6.07) is 12.3. The molecule has 0 aliphatic carbocycles. The van der Waals surface area contributed by atoms with Crippen molar-refractivity contribution < 1.29 is 14.6 Å². The Balaban J connectivity index is 2.35. The van der Waals surface area contributed by atoms with E-state index in [1.165, 1.54) is 11.7 Å². The zero-order chi connectivity index (χ0) is 19.7. The predicted octanol–water partition coefficient (Wildman–Crippen LogP) is 3.57. The summed E-state index contributed by atoms with van der Waals surface area (Å²) in [6.45, 7) is 1.89. The number of halogens is 1. The van der Waals surface area contributed by atoms with Crippen LogP contribution < -0.4 is 11.3 Å². The molecule has 1 aromatic heterocycles. The molecule has 2 aromatic carbocycles. The minimum atomic E-state index is -0.783. The Hall–Kier alpha value is -2.64. The maximum absolute atomic E-state index is 13.1. The number of anilines is 1. The molecule has 0 saturated heterocycles. The smallest absolute Gasteiger partial charge is 0.345 e. The highest BCUT2D eigenvalue weighted by molar-refractivity contribution is 9.10. The van der Waals surface area contributed by atoms with Gasteiger partial charge in [0.25, 0.3) is 5.56 Å². The van der Waals surface area contributed by atoms with Crippen molar-refractivity contribution in [1.82, 2.24) is 4.57 Å². The molecule has 3 N–H and O–H groups in total. The van der Waals surface area contributed by atoms with Gasteiger partial charge in [-0.3, -0.25) is 9.36 Å². The van der Waals surface area contributed by atoms with Crippen LogP contribution in [0.15, 0.2) is 51.7 Å². The van der Waals surface area contributed by atoms with E-state index >= 15 is 0 Å². The number of aromatic nitrogens is 1. The number of esters is 1. The van der Waals surface area contributed by atoms with Crippen molar-refractivity contribution in [3.05, 3.63) is 68.4 Å². The summed E-state index contributed by atoms with van der Waals surface area (Å²) >= 11 is 3.41. The van der Waals surface area contributed by atoms with E-state index in [9.17, 15) is 14.7 Å². The molecule has 0 bridgehead atoms. The molecule has 6 nitrogen and oxygen atoms in total. The van der Waals surface area contributed by atoms with Gasteiger partial charge in [0, 0.05) is 15.5 Å². The van der Waals surface area contributed by atoms with Gasteiger partial charge in [-0.2, -0.15) is 0 Å². The van der Waals surface area contributed by atoms with Gasteiger partial charge in [0.1, 0.15) is 5.56 Å². The molecular formula is C20H19BrN2O4. The molecule has 0 aliphatic rings. The zero-order valence-electron chi connectivity index (χ0n) is 14.9. The van der Waals surface area contributed by atoms with Crippen LogP contribution in [-0.2, 0) is 4.74 Å². The summed E-state index contributed by atoms with van der Waals surface area (Å²) in [7, 11) is 1.21. The molecule has 7 heteroatoms. The van der Waals surface area contributed by atoms with Gasteiger partial charge >= 0.3 is 5.97 Å². The number of carbonyl (C=O) groups excluding carboxylic acids is 1. The molecule has 3 aromatic rings. The van der Waals surface area contributed by atoms with Crippen molar-refractivity contribution in [2.24, 2.45) is 0 Å². The molecule has 0 aliphatic heterocycles. The number of nitrogen functional groups attached to an aromatic ring is 1. The van der Waals surface area contributed by atoms with Crippen LogP contribution in [0.5, 0.6) is 0 Å². The van der Waals surface area contributed by atoms with Crippen molar-refractivity contribution >= 4 is 38.5 Å². The summed E-state index contributed by atoms with van der Waals surface area (Å²) in [5.74, 6) is -0.783. The topological polar surface area (TPSA) is 94.5 Å². The Bertz CT molecular complexity index is 1070. The van der Waals surface area contributed by atoms with Crippen LogP contribution >= 0.6 is 15.9 Å². The van der Waals surface area contributed by atoms with Crippen LogP contribution in [0, 0.1) is 0 Å². The molecule has 1 atom stereocenters. The molecule has 0 radical (unpaired) electrons. The SMILES string of the molecule is CCC(O)c1ccc(-n2c(=O)c(C(=O)OC)c(N)c3ccc(Br)cc32)cc1. The number of methoxy groups -OCH3 is 1. The number of aliphatic hydroxyl groups excluding tert-OH is 1. The van der Waals surface area contributed by atoms with Crippen LogP contribution in [0.3, 0.4) is 0 Å². The number of hydrogen-bond donors (Lipinski definition) is 2. The average Bonchev–Trinajstić information content (AvgIpc) is 2.67. The van der Waals surface area contributed by atoms with Crippen LogP contribution in [0.25, 0.3) is 16.6 Å². The van der Waals surface area contributed by atoms with Gasteiger partial charge in [0.2, 0.25) is 0 Å². The number of fused-ring (bicyclic) bond motifs is 1. The second kappa shape index (κ2) is 7.54. The third-order valence-corrected chi connectivity index (χ3v) is 4.98. The number of benzene rings is 2. The lowest BCUT2D eigenvalue weighted by Gasteiger charge is -2.16. The van der Waals surface area contributed by atoms with Gasteiger partial charge in [0.15, 0.2) is 0 Å². The fraction of sp³-hybridized carbons (Fsp3) is 0.200. The number of pyridine rings is 1. The zero-order valence-corrected chi connectivity index (χ0v) is 16.5. The molecule has 0 spiro atoms.